The molecular weight excluding hydrogens is 147 g/mol. The van der Waals surface area contributed by atoms with Gasteiger partial charge in [-0.05, 0) is 0 Å². The second-order valence-corrected chi connectivity index (χ2v) is 3.11. The normalized spacial score (nSPS) is 10.8. The zero-order chi connectivity index (χ0) is 8.91. The van der Waals surface area contributed by atoms with E-state index in [2.05, 4.69) is 11.3 Å². The van der Waals surface area contributed by atoms with E-state index >= 15 is 0 Å². The van der Waals surface area contributed by atoms with Crippen LogP contribution in [0.1, 0.15) is 13.8 Å². The highest BCUT2D eigenvalue weighted by molar-refractivity contribution is 5.81. The Labute approximate surface area is 66.0 Å². The van der Waals surface area contributed by atoms with Crippen molar-refractivity contribution in [2.24, 2.45) is 5.41 Å². The van der Waals surface area contributed by atoms with Gasteiger partial charge in [-0.3, -0.25) is 4.39 Å². The fourth-order valence-electron chi connectivity index (χ4n) is 0.364. The average molecular weight is 160 g/mol. The number of alkyl halides is 1. The largest absolute Gasteiger partial charge is 0.462 e. The van der Waals surface area contributed by atoms with Crippen LogP contribution in [0, 0.1) is 5.41 Å². The molecule has 0 atom stereocenters. The first-order valence-corrected chi connectivity index (χ1v) is 3.37. The average Bonchev–Trinajstić information content (AvgIpc) is 2.00. The van der Waals surface area contributed by atoms with Gasteiger partial charge < -0.3 is 4.74 Å². The van der Waals surface area contributed by atoms with Crippen molar-refractivity contribution < 1.29 is 13.9 Å². The molecule has 0 saturated heterocycles. The molecule has 0 unspecified atom stereocenters. The molecule has 0 aromatic rings. The van der Waals surface area contributed by atoms with Crippen LogP contribution in [0.15, 0.2) is 12.7 Å². The molecule has 0 aromatic carbocycles. The van der Waals surface area contributed by atoms with Gasteiger partial charge in [0.25, 0.3) is 0 Å². The summed E-state index contributed by atoms with van der Waals surface area (Å²) in [6.07, 6.45) is 1.06. The first kappa shape index (κ1) is 10.1. The lowest BCUT2D eigenvalue weighted by atomic mass is 9.97. The second-order valence-electron chi connectivity index (χ2n) is 3.11. The molecule has 0 aliphatic rings. The quantitative estimate of drug-likeness (QED) is 0.462. The van der Waals surface area contributed by atoms with E-state index in [1.54, 1.807) is 13.8 Å². The third-order valence-corrected chi connectivity index (χ3v) is 1.13. The van der Waals surface area contributed by atoms with Crippen LogP contribution in [0.4, 0.5) is 4.39 Å². The van der Waals surface area contributed by atoms with Crippen LogP contribution in [0.5, 0.6) is 0 Å². The van der Waals surface area contributed by atoms with Crippen LogP contribution in [0.2, 0.25) is 0 Å². The first-order chi connectivity index (χ1) is 5.02. The minimum absolute atomic E-state index is 0.0916. The van der Waals surface area contributed by atoms with E-state index in [0.717, 1.165) is 6.08 Å². The topological polar surface area (TPSA) is 26.3 Å². The fraction of sp³-hybridized carbons (Fsp3) is 0.625. The van der Waals surface area contributed by atoms with Gasteiger partial charge in [-0.2, -0.15) is 0 Å². The maximum absolute atomic E-state index is 12.1. The van der Waals surface area contributed by atoms with Gasteiger partial charge >= 0.3 is 5.97 Å². The fourth-order valence-corrected chi connectivity index (χ4v) is 0.364. The molecule has 0 radical (unpaired) electrons. The maximum Gasteiger partial charge on any atom is 0.330 e. The standard InChI is InChI=1S/C8H13FO2/c1-4-7(10)11-6-8(2,3)5-9/h4H,1,5-6H2,2-3H3. The monoisotopic (exact) mass is 160 g/mol. The van der Waals surface area contributed by atoms with Crippen molar-refractivity contribution in [3.8, 4) is 0 Å². The van der Waals surface area contributed by atoms with E-state index in [-0.39, 0.29) is 6.61 Å². The van der Waals surface area contributed by atoms with Gasteiger partial charge in [-0.15, -0.1) is 0 Å². The zero-order valence-corrected chi connectivity index (χ0v) is 6.89. The molecular formula is C8H13FO2. The van der Waals surface area contributed by atoms with Gasteiger partial charge in [0.05, 0.1) is 13.3 Å². The summed E-state index contributed by atoms with van der Waals surface area (Å²) in [5.41, 5.74) is -0.585. The first-order valence-electron chi connectivity index (χ1n) is 3.37. The molecule has 3 heteroatoms. The summed E-state index contributed by atoms with van der Waals surface area (Å²) in [6.45, 7) is 6.18. The molecule has 0 fully saturated rings. The van der Waals surface area contributed by atoms with E-state index in [0.29, 0.717) is 0 Å². The Bertz CT molecular complexity index is 152. The van der Waals surface area contributed by atoms with Crippen LogP contribution in [0.25, 0.3) is 0 Å². The van der Waals surface area contributed by atoms with E-state index in [1.165, 1.54) is 0 Å². The Morgan fingerprint density at radius 3 is 2.64 bits per heavy atom. The van der Waals surface area contributed by atoms with Gasteiger partial charge in [0, 0.05) is 11.5 Å². The van der Waals surface area contributed by atoms with Crippen molar-refractivity contribution in [1.82, 2.24) is 0 Å². The molecule has 0 heterocycles. The number of ether oxygens (including phenoxy) is 1. The Hall–Kier alpha value is -0.860. The Balaban J connectivity index is 3.69. The Kier molecular flexibility index (Phi) is 3.79. The van der Waals surface area contributed by atoms with Gasteiger partial charge in [0.1, 0.15) is 0 Å². The van der Waals surface area contributed by atoms with Crippen LogP contribution in [0.3, 0.4) is 0 Å². The lowest BCUT2D eigenvalue weighted by Crippen LogP contribution is -2.23. The smallest absolute Gasteiger partial charge is 0.330 e. The molecule has 0 aromatic heterocycles. The summed E-state index contributed by atoms with van der Waals surface area (Å²) in [4.78, 5) is 10.5. The number of esters is 1. The summed E-state index contributed by atoms with van der Waals surface area (Å²) in [5, 5.41) is 0. The molecule has 2 nitrogen and oxygen atoms in total. The van der Waals surface area contributed by atoms with Gasteiger partial charge in [0.2, 0.25) is 0 Å². The van der Waals surface area contributed by atoms with Crippen molar-refractivity contribution in [3.05, 3.63) is 12.7 Å². The van der Waals surface area contributed by atoms with Crippen LogP contribution < -0.4 is 0 Å². The predicted molar refractivity (Wildman–Crippen MR) is 40.9 cm³/mol. The highest BCUT2D eigenvalue weighted by atomic mass is 19.1. The molecule has 0 aliphatic carbocycles. The van der Waals surface area contributed by atoms with E-state index < -0.39 is 18.1 Å². The number of hydrogen-bond acceptors (Lipinski definition) is 2. The van der Waals surface area contributed by atoms with E-state index in [9.17, 15) is 9.18 Å². The summed E-state index contributed by atoms with van der Waals surface area (Å²) in [5.74, 6) is -0.508. The highest BCUT2D eigenvalue weighted by Gasteiger charge is 2.19. The molecule has 64 valence electrons. The van der Waals surface area contributed by atoms with Crippen LogP contribution in [-0.4, -0.2) is 19.3 Å². The molecule has 0 bridgehead atoms. The lowest BCUT2D eigenvalue weighted by molar-refractivity contribution is -0.140. The maximum atomic E-state index is 12.1. The van der Waals surface area contributed by atoms with Gasteiger partial charge in [-0.1, -0.05) is 20.4 Å². The number of hydrogen-bond donors (Lipinski definition) is 0. The molecule has 0 amide bonds. The minimum Gasteiger partial charge on any atom is -0.462 e. The van der Waals surface area contributed by atoms with Crippen molar-refractivity contribution in [2.45, 2.75) is 13.8 Å². The molecule has 11 heavy (non-hydrogen) atoms. The molecule has 0 aliphatic heterocycles. The number of carbonyl (C=O) groups is 1. The van der Waals surface area contributed by atoms with E-state index in [4.69, 9.17) is 0 Å². The third-order valence-electron chi connectivity index (χ3n) is 1.13. The van der Waals surface area contributed by atoms with Gasteiger partial charge in [-0.25, -0.2) is 4.79 Å². The minimum atomic E-state index is -0.585. The number of carbonyl (C=O) groups excluding carboxylic acids is 1. The van der Waals surface area contributed by atoms with Crippen LogP contribution in [-0.2, 0) is 9.53 Å². The second kappa shape index (κ2) is 4.11. The molecule has 0 spiro atoms. The van der Waals surface area contributed by atoms with Gasteiger partial charge in [0.15, 0.2) is 0 Å². The van der Waals surface area contributed by atoms with Crippen molar-refractivity contribution >= 4 is 5.97 Å². The summed E-state index contributed by atoms with van der Waals surface area (Å²) < 4.78 is 16.8. The molecule has 0 N–H and O–H groups in total. The van der Waals surface area contributed by atoms with Crippen LogP contribution >= 0.6 is 0 Å². The number of rotatable bonds is 4. The summed E-state index contributed by atoms with van der Waals surface area (Å²) in [6, 6.07) is 0. The molecule has 0 rings (SSSR count). The number of halogens is 1. The Morgan fingerprint density at radius 1 is 1.73 bits per heavy atom. The van der Waals surface area contributed by atoms with Crippen molar-refractivity contribution in [1.29, 1.82) is 0 Å². The van der Waals surface area contributed by atoms with E-state index in [1.807, 2.05) is 0 Å². The third kappa shape index (κ3) is 4.53. The zero-order valence-electron chi connectivity index (χ0n) is 6.89. The Morgan fingerprint density at radius 2 is 2.27 bits per heavy atom. The summed E-state index contributed by atoms with van der Waals surface area (Å²) in [7, 11) is 0. The van der Waals surface area contributed by atoms with Crippen molar-refractivity contribution in [2.75, 3.05) is 13.3 Å². The summed E-state index contributed by atoms with van der Waals surface area (Å²) >= 11 is 0. The highest BCUT2D eigenvalue weighted by Crippen LogP contribution is 2.15. The molecule has 0 saturated carbocycles. The lowest BCUT2D eigenvalue weighted by Gasteiger charge is -2.18. The van der Waals surface area contributed by atoms with Crippen molar-refractivity contribution in [3.63, 3.8) is 0 Å². The SMILES string of the molecule is C=CC(=O)OCC(C)(C)CF. The predicted octanol–water partition coefficient (Wildman–Crippen LogP) is 1.71.